The van der Waals surface area contributed by atoms with E-state index in [0.717, 1.165) is 111 Å². The maximum absolute atomic E-state index is 12.7. The van der Waals surface area contributed by atoms with Gasteiger partial charge in [-0.2, -0.15) is 30.0 Å². The quantitative estimate of drug-likeness (QED) is 0.0516. The van der Waals surface area contributed by atoms with Crippen LogP contribution in [0, 0.1) is 81.7 Å². The molecule has 104 heavy (non-hydrogen) atoms. The van der Waals surface area contributed by atoms with Gasteiger partial charge in [-0.1, -0.05) is 107 Å². The first-order valence-corrected chi connectivity index (χ1v) is 33.3. The molecule has 0 aliphatic heterocycles. The summed E-state index contributed by atoms with van der Waals surface area (Å²) < 4.78 is 3.12. The van der Waals surface area contributed by atoms with Crippen LogP contribution in [-0.2, 0) is 71.0 Å². The van der Waals surface area contributed by atoms with E-state index >= 15 is 0 Å². The van der Waals surface area contributed by atoms with Gasteiger partial charge in [0.1, 0.15) is 55.5 Å². The van der Waals surface area contributed by atoms with Crippen molar-refractivity contribution in [3.8, 4) is 0 Å². The Hall–Kier alpha value is -12.2. The fourth-order valence-electron chi connectivity index (χ4n) is 11.5. The van der Waals surface area contributed by atoms with E-state index in [9.17, 15) is 39.6 Å². The largest absolute Gasteiger partial charge is 0.380 e. The molecular formula is C80H80N16O8. The zero-order chi connectivity index (χ0) is 75.6. The average Bonchev–Trinajstić information content (AvgIpc) is 1.64. The zero-order valence-electron chi connectivity index (χ0n) is 60.1. The van der Waals surface area contributed by atoms with Gasteiger partial charge < -0.3 is 20.4 Å². The minimum Gasteiger partial charge on any atom is -0.380 e. The summed E-state index contributed by atoms with van der Waals surface area (Å²) in [4.78, 5) is 66.9. The lowest BCUT2D eigenvalue weighted by molar-refractivity contribution is -0.137. The molecule has 0 fully saturated rings. The normalized spacial score (nSPS) is 13.3. The van der Waals surface area contributed by atoms with Crippen LogP contribution in [0.5, 0.6) is 0 Å². The fourth-order valence-corrected chi connectivity index (χ4v) is 11.5. The maximum Gasteiger partial charge on any atom is 0.190 e. The lowest BCUT2D eigenvalue weighted by Gasteiger charge is -2.22. The van der Waals surface area contributed by atoms with Crippen molar-refractivity contribution in [1.82, 2.24) is 60.0 Å². The molecule has 0 bridgehead atoms. The highest BCUT2D eigenvalue weighted by molar-refractivity contribution is 5.91. The minimum atomic E-state index is -1.59. The molecule has 0 saturated carbocycles. The number of ketones is 4. The molecule has 0 spiro atoms. The minimum absolute atomic E-state index is 0.0152. The van der Waals surface area contributed by atoms with Gasteiger partial charge in [-0.15, -0.1) is 10.2 Å². The Morgan fingerprint density at radius 3 is 0.952 bits per heavy atom. The number of fused-ring (bicyclic) bond motifs is 4. The van der Waals surface area contributed by atoms with Crippen LogP contribution in [0.15, 0.2) is 146 Å². The summed E-state index contributed by atoms with van der Waals surface area (Å²) in [5.41, 5.74) is 12.6. The van der Waals surface area contributed by atoms with Gasteiger partial charge in [-0.3, -0.25) is 19.2 Å². The molecule has 0 amide bonds. The van der Waals surface area contributed by atoms with Crippen LogP contribution >= 0.6 is 0 Å². The van der Waals surface area contributed by atoms with Crippen molar-refractivity contribution in [2.45, 2.75) is 157 Å². The monoisotopic (exact) mass is 1390 g/mol. The number of nitrogens with zero attached hydrogens (tertiary/aromatic N) is 16. The number of rotatable bonds is 20. The molecule has 0 aliphatic rings. The molecule has 4 aromatic heterocycles. The Kier molecular flexibility index (Phi) is 23.2. The molecule has 0 radical (unpaired) electrons. The third-order valence-electron chi connectivity index (χ3n) is 17.7. The van der Waals surface area contributed by atoms with E-state index in [2.05, 4.69) is 60.4 Å². The molecule has 4 heterocycles. The van der Waals surface area contributed by atoms with Crippen molar-refractivity contribution in [3.63, 3.8) is 0 Å². The number of hydrogen-bond donors (Lipinski definition) is 4. The standard InChI is InChI=1S/4C20H20N4O2/c1-13-5-8-18-17(9-13)22-23-24(18)12-20(3,26)19(25)11-15-6-7-16(21-4)14(2)10-15;1-13-5-7-17-18(9-13)24(23-22-17)12-20(3,26)19(25)11-15-6-8-16(21-4)14(2)10-15;2*1-13-5-7-17-18(9-13)23-24(22-17)12-20(3,26)19(25)11-15-6-8-16(21-4)14(2)10-15/h4*5-10,26H,11-12H2,1-3H3/t4*20-/m0000/s1. The first-order chi connectivity index (χ1) is 49.2. The van der Waals surface area contributed by atoms with Gasteiger partial charge in [0.2, 0.25) is 0 Å². The molecule has 24 nitrogen and oxygen atoms in total. The molecule has 0 unspecified atom stereocenters. The summed E-state index contributed by atoms with van der Waals surface area (Å²) in [6.45, 7) is 49.6. The van der Waals surface area contributed by atoms with E-state index in [1.807, 2.05) is 152 Å². The van der Waals surface area contributed by atoms with E-state index < -0.39 is 22.4 Å². The number of aromatic nitrogens is 12. The van der Waals surface area contributed by atoms with Crippen molar-refractivity contribution in [2.75, 3.05) is 0 Å². The topological polar surface area (TPSA) is 289 Å². The Bertz CT molecular complexity index is 5260. The lowest BCUT2D eigenvalue weighted by atomic mass is 9.94. The van der Waals surface area contributed by atoms with E-state index in [4.69, 9.17) is 26.3 Å². The van der Waals surface area contributed by atoms with Gasteiger partial charge >= 0.3 is 0 Å². The van der Waals surface area contributed by atoms with Gasteiger partial charge in [-0.05, 0) is 198 Å². The zero-order valence-corrected chi connectivity index (χ0v) is 60.1. The second kappa shape index (κ2) is 31.8. The van der Waals surface area contributed by atoms with Crippen molar-refractivity contribution < 1.29 is 39.6 Å². The van der Waals surface area contributed by atoms with Gasteiger partial charge in [0.05, 0.1) is 63.5 Å². The van der Waals surface area contributed by atoms with Crippen molar-refractivity contribution in [3.05, 3.63) is 258 Å². The molecule has 0 saturated heterocycles. The summed E-state index contributed by atoms with van der Waals surface area (Å²) >= 11 is 0. The predicted octanol–water partition coefficient (Wildman–Crippen LogP) is 12.6. The van der Waals surface area contributed by atoms with E-state index in [1.54, 1.807) is 57.9 Å². The van der Waals surface area contributed by atoms with Gasteiger partial charge in [0, 0.05) is 25.7 Å². The van der Waals surface area contributed by atoms with Crippen molar-refractivity contribution >= 4 is 90.0 Å². The second-order valence-electron chi connectivity index (χ2n) is 27.3. The summed E-state index contributed by atoms with van der Waals surface area (Å²) in [6.07, 6.45) is 0.369. The predicted molar refractivity (Wildman–Crippen MR) is 396 cm³/mol. The maximum atomic E-state index is 12.7. The number of hydrogen-bond acceptors (Lipinski definition) is 16. The van der Waals surface area contributed by atoms with Crippen LogP contribution in [-0.4, -0.2) is 126 Å². The lowest BCUT2D eigenvalue weighted by Crippen LogP contribution is -2.41. The first kappa shape index (κ1) is 76.0. The van der Waals surface area contributed by atoms with E-state index in [0.29, 0.717) is 22.7 Å². The highest BCUT2D eigenvalue weighted by atomic mass is 16.3. The summed E-state index contributed by atoms with van der Waals surface area (Å²) in [5, 5.41) is 76.4. The Morgan fingerprint density at radius 2 is 0.615 bits per heavy atom. The summed E-state index contributed by atoms with van der Waals surface area (Å²) in [6, 6.07) is 44.0. The van der Waals surface area contributed by atoms with Crippen molar-refractivity contribution in [1.29, 1.82) is 0 Å². The molecule has 528 valence electrons. The van der Waals surface area contributed by atoms with Gasteiger partial charge in [0.25, 0.3) is 0 Å². The van der Waals surface area contributed by atoms with Crippen LogP contribution in [0.3, 0.4) is 0 Å². The molecule has 0 aliphatic carbocycles. The molecule has 4 N–H and O–H groups in total. The van der Waals surface area contributed by atoms with Gasteiger partial charge in [-0.25, -0.2) is 28.7 Å². The highest BCUT2D eigenvalue weighted by Gasteiger charge is 2.35. The smallest absolute Gasteiger partial charge is 0.190 e. The fraction of sp³-hybridized carbons (Fsp3) is 0.300. The van der Waals surface area contributed by atoms with Crippen molar-refractivity contribution in [2.24, 2.45) is 0 Å². The number of Topliss-reactive ketones (excluding diaryl/α,β-unsaturated/α-hetero) is 4. The highest BCUT2D eigenvalue weighted by Crippen LogP contribution is 2.28. The molecule has 24 heteroatoms. The number of carbonyl (C=O) groups is 4. The molecule has 8 aromatic carbocycles. The van der Waals surface area contributed by atoms with Crippen LogP contribution < -0.4 is 0 Å². The van der Waals surface area contributed by atoms with E-state index in [-0.39, 0.29) is 75.0 Å². The molecule has 4 atom stereocenters. The van der Waals surface area contributed by atoms with Crippen LogP contribution in [0.4, 0.5) is 22.7 Å². The average molecular weight is 1390 g/mol. The second-order valence-corrected chi connectivity index (χ2v) is 27.3. The molecule has 12 rings (SSSR count). The van der Waals surface area contributed by atoms with E-state index in [1.165, 1.54) is 37.3 Å². The third-order valence-corrected chi connectivity index (χ3v) is 17.7. The molecule has 12 aromatic rings. The SMILES string of the molecule is [C-]#[N+]c1ccc(CC(=O)[C@@](C)(O)Cn2nc3ccc(C)cc3n2)cc1C.[C-]#[N+]c1ccc(CC(=O)[C@@](C)(O)Cn2nc3ccc(C)cc3n2)cc1C.[C-]#[N+]c1ccc(CC(=O)[C@@](C)(O)Cn2nnc3cc(C)ccc32)cc1C.[C-]#[N+]c1ccc(CC(=O)[C@@](C)(O)Cn2nnc3ccc(C)cc32)cc1C. The first-order valence-electron chi connectivity index (χ1n) is 33.3. The van der Waals surface area contributed by atoms with Crippen LogP contribution in [0.25, 0.3) is 63.5 Å². The third kappa shape index (κ3) is 18.9. The Balaban J connectivity index is 0.000000161. The van der Waals surface area contributed by atoms with Crippen LogP contribution in [0.1, 0.15) is 94.5 Å². The summed E-state index contributed by atoms with van der Waals surface area (Å²) in [5.74, 6) is -1.23. The van der Waals surface area contributed by atoms with Crippen LogP contribution in [0.2, 0.25) is 0 Å². The molecular weight excluding hydrogens is 1310 g/mol. The Labute approximate surface area is 602 Å². The van der Waals surface area contributed by atoms with Gasteiger partial charge in [0.15, 0.2) is 45.9 Å². The number of benzene rings is 8. The Morgan fingerprint density at radius 1 is 0.337 bits per heavy atom. The number of carbonyl (C=O) groups excluding carboxylic acids is 4. The summed E-state index contributed by atoms with van der Waals surface area (Å²) in [7, 11) is 0. The number of aliphatic hydroxyl groups is 4. The number of aryl methyl sites for hydroxylation is 8.